The first-order valence-corrected chi connectivity index (χ1v) is 44.2. The average Bonchev–Trinajstić information content (AvgIpc) is 1.66. The standard InChI is InChI=1S/C50H30.C42H25N.C34H20/c1-2-9-32-24-37(17-16-31(32)8-1)39-21-20-38-25-36(18-19-40(38)26-39)33-13-7-14-41(27-33)44-22-23-45-46-28-34-10-3-4-11-35(34)29-47(46)48-30-42-12-5-6-15-43(42)49(44)50(45)48;1-3-13-28-26(11-1)21-22-34-36-25-27-12-2-4-14-29(27)41-33(23-24-35(40(28)34)42(36)41)32-17-7-10-20-39(32)43-37-18-8-5-15-30(37)31-16-6-9-19-38(31)43;1-2-8-22-17-26(14-13-21(22)7-1)28-15-16-29-30-18-23-9-3-4-10-24(23)19-31(30)32-20-25-11-5-6-12-27(25)33(28)34(29)32/h1-30H;1-25H;1-20H. The molecule has 0 saturated carbocycles. The summed E-state index contributed by atoms with van der Waals surface area (Å²) in [6.07, 6.45) is 0. The molecular formula is C126H75N. The minimum Gasteiger partial charge on any atom is -0.309 e. The van der Waals surface area contributed by atoms with Crippen LogP contribution in [0.3, 0.4) is 0 Å². The number of fused-ring (bicyclic) bond motifs is 25. The second-order valence-corrected chi connectivity index (χ2v) is 34.7. The maximum absolute atomic E-state index is 2.45. The predicted molar refractivity (Wildman–Crippen MR) is 544 cm³/mol. The van der Waals surface area contributed by atoms with Crippen molar-refractivity contribution in [3.63, 3.8) is 0 Å². The van der Waals surface area contributed by atoms with Crippen molar-refractivity contribution in [3.8, 4) is 128 Å². The number of hydrogen-bond acceptors (Lipinski definition) is 0. The van der Waals surface area contributed by atoms with Gasteiger partial charge in [-0.05, 0) is 337 Å². The Bertz CT molecular complexity index is 9240. The molecule has 0 bridgehead atoms. The van der Waals surface area contributed by atoms with E-state index >= 15 is 0 Å². The summed E-state index contributed by atoms with van der Waals surface area (Å²) >= 11 is 0. The van der Waals surface area contributed by atoms with E-state index in [1.54, 1.807) is 0 Å². The first-order chi connectivity index (χ1) is 63.0. The number of para-hydroxylation sites is 3. The summed E-state index contributed by atoms with van der Waals surface area (Å²) in [6, 6.07) is 168. The van der Waals surface area contributed by atoms with Crippen molar-refractivity contribution in [2.45, 2.75) is 0 Å². The molecule has 1 heterocycles. The third-order valence-corrected chi connectivity index (χ3v) is 27.9. The Hall–Kier alpha value is -16.6. The molecule has 1 heteroatoms. The van der Waals surface area contributed by atoms with Crippen molar-refractivity contribution < 1.29 is 0 Å². The number of benzene rings is 25. The fourth-order valence-electron chi connectivity index (χ4n) is 22.2. The van der Waals surface area contributed by atoms with Gasteiger partial charge >= 0.3 is 0 Å². The molecule has 0 unspecified atom stereocenters. The van der Waals surface area contributed by atoms with Crippen molar-refractivity contribution in [1.29, 1.82) is 0 Å². The van der Waals surface area contributed by atoms with Gasteiger partial charge in [-0.25, -0.2) is 0 Å². The van der Waals surface area contributed by atoms with Crippen LogP contribution in [-0.4, -0.2) is 4.57 Å². The quantitative estimate of drug-likeness (QED) is 0.146. The number of aromatic nitrogens is 1. The molecule has 0 aliphatic heterocycles. The van der Waals surface area contributed by atoms with Crippen molar-refractivity contribution in [3.05, 3.63) is 455 Å². The molecule has 0 fully saturated rings. The van der Waals surface area contributed by atoms with Crippen LogP contribution < -0.4 is 0 Å². The molecule has 0 saturated heterocycles. The van der Waals surface area contributed by atoms with Gasteiger partial charge in [0.1, 0.15) is 0 Å². The van der Waals surface area contributed by atoms with Crippen LogP contribution in [0.2, 0.25) is 0 Å². The van der Waals surface area contributed by atoms with Crippen molar-refractivity contribution >= 4 is 151 Å². The smallest absolute Gasteiger partial charge is 0.0541 e. The summed E-state index contributed by atoms with van der Waals surface area (Å²) in [7, 11) is 0. The van der Waals surface area contributed by atoms with Gasteiger partial charge in [0.25, 0.3) is 0 Å². The summed E-state index contributed by atoms with van der Waals surface area (Å²) in [5.41, 5.74) is 32.3. The van der Waals surface area contributed by atoms with Gasteiger partial charge in [-0.15, -0.1) is 0 Å². The van der Waals surface area contributed by atoms with Crippen LogP contribution >= 0.6 is 0 Å². The Morgan fingerprint density at radius 3 is 0.898 bits per heavy atom. The Labute approximate surface area is 733 Å². The number of rotatable bonds is 6. The molecule has 0 radical (unpaired) electrons. The molecule has 0 N–H and O–H groups in total. The Kier molecular flexibility index (Phi) is 15.6. The first-order valence-electron chi connectivity index (χ1n) is 44.2. The Morgan fingerprint density at radius 1 is 0.118 bits per heavy atom. The zero-order valence-electron chi connectivity index (χ0n) is 69.2. The van der Waals surface area contributed by atoms with E-state index < -0.39 is 0 Å². The Morgan fingerprint density at radius 2 is 0.402 bits per heavy atom. The van der Waals surface area contributed by atoms with Crippen molar-refractivity contribution in [2.24, 2.45) is 0 Å². The molecule has 127 heavy (non-hydrogen) atoms. The molecule has 26 aromatic rings. The maximum Gasteiger partial charge on any atom is 0.0541 e. The molecular weight excluding hydrogens is 1530 g/mol. The lowest BCUT2D eigenvalue weighted by Gasteiger charge is -2.18. The number of hydrogen-bond donors (Lipinski definition) is 0. The first kappa shape index (κ1) is 71.0. The van der Waals surface area contributed by atoms with Gasteiger partial charge in [0, 0.05) is 16.3 Å². The summed E-state index contributed by atoms with van der Waals surface area (Å²) in [4.78, 5) is 0. The third kappa shape index (κ3) is 11.0. The van der Waals surface area contributed by atoms with Crippen LogP contribution in [0.5, 0.6) is 0 Å². The minimum absolute atomic E-state index is 1.20. The van der Waals surface area contributed by atoms with Gasteiger partial charge < -0.3 is 4.57 Å². The van der Waals surface area contributed by atoms with Gasteiger partial charge in [0.15, 0.2) is 0 Å². The van der Waals surface area contributed by atoms with Crippen molar-refractivity contribution in [2.75, 3.05) is 0 Å². The fraction of sp³-hybridized carbons (Fsp3) is 0. The third-order valence-electron chi connectivity index (χ3n) is 27.9. The van der Waals surface area contributed by atoms with E-state index in [0.29, 0.717) is 0 Å². The van der Waals surface area contributed by atoms with E-state index in [0.717, 1.165) is 0 Å². The van der Waals surface area contributed by atoms with E-state index in [9.17, 15) is 0 Å². The Balaban J connectivity index is 0.000000100. The molecule has 0 atom stereocenters. The SMILES string of the molecule is c1cc(-c2ccc3cc(-c4ccc5ccccc5c4)ccc3c2)cc(-c2ccc3c4c(cc5ccccc5c24)-c2cc4ccccc4cc2-3)c1.c1ccc(-n2c3ccccc3c3ccccc32)c(-c2ccc3c4c(cc5ccccc5c24)-c2ccc4ccccc4c2-3)c1.c1ccc2cc(-c3ccc4c5c(cc6ccccc6c35)-c3cc5ccccc5cc3-4)ccc2c1. The molecule has 1 nitrogen and oxygen atoms in total. The van der Waals surface area contributed by atoms with Crippen LogP contribution in [0.1, 0.15) is 0 Å². The maximum atomic E-state index is 2.45. The summed E-state index contributed by atoms with van der Waals surface area (Å²) in [5.74, 6) is 0. The lowest BCUT2D eigenvalue weighted by atomic mass is 9.89. The minimum atomic E-state index is 1.20. The summed E-state index contributed by atoms with van der Waals surface area (Å²) < 4.78 is 2.45. The summed E-state index contributed by atoms with van der Waals surface area (Å²) in [5, 5.41) is 33.9. The van der Waals surface area contributed by atoms with Gasteiger partial charge in [0.05, 0.1) is 16.7 Å². The monoisotopic (exact) mass is 1600 g/mol. The molecule has 3 aliphatic carbocycles. The average molecular weight is 1600 g/mol. The molecule has 1 aromatic heterocycles. The molecule has 584 valence electrons. The number of nitrogens with zero attached hydrogens (tertiary/aromatic N) is 1. The molecule has 3 aliphatic rings. The van der Waals surface area contributed by atoms with E-state index in [1.165, 1.54) is 279 Å². The van der Waals surface area contributed by atoms with Crippen molar-refractivity contribution in [1.82, 2.24) is 4.57 Å². The highest BCUT2D eigenvalue weighted by Crippen LogP contribution is 2.58. The lowest BCUT2D eigenvalue weighted by molar-refractivity contribution is 1.18. The van der Waals surface area contributed by atoms with E-state index in [1.807, 2.05) is 0 Å². The topological polar surface area (TPSA) is 4.93 Å². The molecule has 29 rings (SSSR count). The highest BCUT2D eigenvalue weighted by molar-refractivity contribution is 6.33. The second-order valence-electron chi connectivity index (χ2n) is 34.7. The second kappa shape index (κ2) is 28.0. The van der Waals surface area contributed by atoms with Crippen LogP contribution in [0.25, 0.3) is 279 Å². The van der Waals surface area contributed by atoms with Gasteiger partial charge in [-0.1, -0.05) is 364 Å². The van der Waals surface area contributed by atoms with E-state index in [4.69, 9.17) is 0 Å². The van der Waals surface area contributed by atoms with Gasteiger partial charge in [-0.2, -0.15) is 0 Å². The van der Waals surface area contributed by atoms with Gasteiger partial charge in [0.2, 0.25) is 0 Å². The van der Waals surface area contributed by atoms with E-state index in [-0.39, 0.29) is 0 Å². The van der Waals surface area contributed by atoms with Crippen LogP contribution in [0, 0.1) is 0 Å². The molecule has 0 amide bonds. The van der Waals surface area contributed by atoms with Crippen LogP contribution in [-0.2, 0) is 0 Å². The predicted octanol–water partition coefficient (Wildman–Crippen LogP) is 35.3. The highest BCUT2D eigenvalue weighted by atomic mass is 15.0. The fourth-order valence-corrected chi connectivity index (χ4v) is 22.2. The highest BCUT2D eigenvalue weighted by Gasteiger charge is 2.31. The zero-order valence-corrected chi connectivity index (χ0v) is 69.2. The zero-order chi connectivity index (χ0) is 83.1. The van der Waals surface area contributed by atoms with Gasteiger partial charge in [-0.3, -0.25) is 0 Å². The van der Waals surface area contributed by atoms with Crippen LogP contribution in [0.4, 0.5) is 0 Å². The largest absolute Gasteiger partial charge is 0.309 e. The normalized spacial score (nSPS) is 12.1. The lowest BCUT2D eigenvalue weighted by Crippen LogP contribution is -1.97. The van der Waals surface area contributed by atoms with Crippen LogP contribution in [0.15, 0.2) is 455 Å². The summed E-state index contributed by atoms with van der Waals surface area (Å²) in [6.45, 7) is 0. The van der Waals surface area contributed by atoms with E-state index in [2.05, 4.69) is 460 Å². The molecule has 25 aromatic carbocycles. The molecule has 0 spiro atoms.